The summed E-state index contributed by atoms with van der Waals surface area (Å²) in [7, 11) is 0. The number of nitrogens with zero attached hydrogens (tertiary/aromatic N) is 2. The van der Waals surface area contributed by atoms with Crippen LogP contribution in [0, 0.1) is 0 Å². The van der Waals surface area contributed by atoms with Gasteiger partial charge < -0.3 is 5.73 Å². The SMILES string of the molecule is C=NC(=C)C(=N/C=C\C)/C(N)=C\C. The molecule has 0 saturated heterocycles. The van der Waals surface area contributed by atoms with Gasteiger partial charge in [-0.15, -0.1) is 0 Å². The van der Waals surface area contributed by atoms with Crippen LogP contribution in [-0.2, 0) is 0 Å². The lowest BCUT2D eigenvalue weighted by Crippen LogP contribution is -2.12. The van der Waals surface area contributed by atoms with Gasteiger partial charge in [0.15, 0.2) is 0 Å². The Hall–Kier alpha value is -1.64. The Kier molecular flexibility index (Phi) is 5.19. The molecule has 0 radical (unpaired) electrons. The quantitative estimate of drug-likeness (QED) is 0.656. The second-order valence-electron chi connectivity index (χ2n) is 2.31. The average molecular weight is 177 g/mol. The Morgan fingerprint density at radius 1 is 1.38 bits per heavy atom. The maximum absolute atomic E-state index is 5.68. The molecule has 3 heteroatoms. The van der Waals surface area contributed by atoms with Gasteiger partial charge in [-0.3, -0.25) is 9.98 Å². The molecule has 0 aliphatic carbocycles. The predicted molar refractivity (Wildman–Crippen MR) is 58.9 cm³/mol. The molecule has 0 rings (SSSR count). The van der Waals surface area contributed by atoms with Crippen LogP contribution in [0.2, 0.25) is 0 Å². The largest absolute Gasteiger partial charge is 0.397 e. The van der Waals surface area contributed by atoms with E-state index in [2.05, 4.69) is 23.3 Å². The van der Waals surface area contributed by atoms with E-state index in [0.717, 1.165) is 0 Å². The van der Waals surface area contributed by atoms with E-state index in [0.29, 0.717) is 17.1 Å². The van der Waals surface area contributed by atoms with Crippen LogP contribution >= 0.6 is 0 Å². The van der Waals surface area contributed by atoms with Gasteiger partial charge in [0, 0.05) is 6.20 Å². The summed E-state index contributed by atoms with van der Waals surface area (Å²) in [5.41, 5.74) is 7.28. The van der Waals surface area contributed by atoms with Gasteiger partial charge >= 0.3 is 0 Å². The zero-order valence-electron chi connectivity index (χ0n) is 8.12. The zero-order chi connectivity index (χ0) is 10.3. The summed E-state index contributed by atoms with van der Waals surface area (Å²) in [6.45, 7) is 10.8. The molecule has 0 heterocycles. The zero-order valence-corrected chi connectivity index (χ0v) is 8.12. The van der Waals surface area contributed by atoms with Crippen molar-refractivity contribution >= 4 is 12.4 Å². The van der Waals surface area contributed by atoms with Crippen molar-refractivity contribution in [3.05, 3.63) is 36.3 Å². The molecular formula is C10H15N3. The van der Waals surface area contributed by atoms with Crippen molar-refractivity contribution in [2.45, 2.75) is 13.8 Å². The Labute approximate surface area is 79.1 Å². The first-order chi connectivity index (χ1) is 6.17. The molecule has 0 aromatic carbocycles. The van der Waals surface area contributed by atoms with Gasteiger partial charge in [-0.25, -0.2) is 0 Å². The minimum Gasteiger partial charge on any atom is -0.397 e. The van der Waals surface area contributed by atoms with Crippen LogP contribution < -0.4 is 5.73 Å². The monoisotopic (exact) mass is 177 g/mol. The van der Waals surface area contributed by atoms with E-state index in [1.807, 2.05) is 13.8 Å². The molecule has 0 aromatic heterocycles. The van der Waals surface area contributed by atoms with E-state index in [1.54, 1.807) is 18.4 Å². The van der Waals surface area contributed by atoms with E-state index in [4.69, 9.17) is 5.73 Å². The molecule has 0 aromatic rings. The van der Waals surface area contributed by atoms with Crippen LogP contribution in [0.3, 0.4) is 0 Å². The van der Waals surface area contributed by atoms with E-state index in [-0.39, 0.29) is 0 Å². The Morgan fingerprint density at radius 3 is 2.38 bits per heavy atom. The third-order valence-corrected chi connectivity index (χ3v) is 1.40. The van der Waals surface area contributed by atoms with Gasteiger partial charge in [0.25, 0.3) is 0 Å². The number of hydrogen-bond acceptors (Lipinski definition) is 3. The maximum atomic E-state index is 5.68. The molecular weight excluding hydrogens is 162 g/mol. The van der Waals surface area contributed by atoms with Crippen LogP contribution in [0.4, 0.5) is 0 Å². The topological polar surface area (TPSA) is 50.7 Å². The van der Waals surface area contributed by atoms with Gasteiger partial charge in [-0.05, 0) is 20.6 Å². The number of nitrogens with two attached hydrogens (primary N) is 1. The van der Waals surface area contributed by atoms with Gasteiger partial charge in [0.1, 0.15) is 5.71 Å². The van der Waals surface area contributed by atoms with Crippen molar-refractivity contribution in [1.82, 2.24) is 0 Å². The molecule has 0 amide bonds. The number of rotatable bonds is 4. The lowest BCUT2D eigenvalue weighted by Gasteiger charge is -2.03. The van der Waals surface area contributed by atoms with Crippen LogP contribution in [-0.4, -0.2) is 12.4 Å². The van der Waals surface area contributed by atoms with Gasteiger partial charge in [-0.2, -0.15) is 0 Å². The summed E-state index contributed by atoms with van der Waals surface area (Å²) in [6, 6.07) is 0. The average Bonchev–Trinajstić information content (AvgIpc) is 2.17. The minimum atomic E-state index is 0.480. The molecule has 0 atom stereocenters. The molecule has 70 valence electrons. The smallest absolute Gasteiger partial charge is 0.110 e. The summed E-state index contributed by atoms with van der Waals surface area (Å²) >= 11 is 0. The Balaban J connectivity index is 4.97. The van der Waals surface area contributed by atoms with Crippen LogP contribution in [0.25, 0.3) is 0 Å². The Morgan fingerprint density at radius 2 is 2.00 bits per heavy atom. The van der Waals surface area contributed by atoms with Crippen molar-refractivity contribution in [3.8, 4) is 0 Å². The van der Waals surface area contributed by atoms with E-state index in [1.165, 1.54) is 0 Å². The molecule has 0 aliphatic heterocycles. The Bertz CT molecular complexity index is 279. The summed E-state index contributed by atoms with van der Waals surface area (Å²) in [5.74, 6) is 0. The highest BCUT2D eigenvalue weighted by atomic mass is 14.8. The summed E-state index contributed by atoms with van der Waals surface area (Å²) in [5, 5.41) is 0. The highest BCUT2D eigenvalue weighted by Gasteiger charge is 2.03. The lowest BCUT2D eigenvalue weighted by atomic mass is 10.2. The minimum absolute atomic E-state index is 0.480. The second kappa shape index (κ2) is 5.94. The molecule has 3 nitrogen and oxygen atoms in total. The standard InChI is InChI=1S/C10H15N3/c1-5-7-13-10(8(3)12-4)9(11)6-2/h5-7H,3-4,11H2,1-2H3/b7-5-,9-6+,13-10-. The fourth-order valence-electron chi connectivity index (χ4n) is 0.676. The van der Waals surface area contributed by atoms with Gasteiger partial charge in [-0.1, -0.05) is 18.7 Å². The van der Waals surface area contributed by atoms with Crippen LogP contribution in [0.15, 0.2) is 46.3 Å². The highest BCUT2D eigenvalue weighted by molar-refractivity contribution is 6.11. The van der Waals surface area contributed by atoms with Crippen LogP contribution in [0.1, 0.15) is 13.8 Å². The van der Waals surface area contributed by atoms with Gasteiger partial charge in [0.2, 0.25) is 0 Å². The number of hydrogen-bond donors (Lipinski definition) is 1. The summed E-state index contributed by atoms with van der Waals surface area (Å²) in [6.07, 6.45) is 5.19. The first-order valence-electron chi connectivity index (χ1n) is 3.94. The van der Waals surface area contributed by atoms with Crippen molar-refractivity contribution in [2.24, 2.45) is 15.7 Å². The number of allylic oxidation sites excluding steroid dienone is 2. The molecule has 0 spiro atoms. The van der Waals surface area contributed by atoms with Gasteiger partial charge in [0.05, 0.1) is 11.4 Å². The molecule has 0 unspecified atom stereocenters. The van der Waals surface area contributed by atoms with Crippen molar-refractivity contribution in [3.63, 3.8) is 0 Å². The van der Waals surface area contributed by atoms with E-state index < -0.39 is 0 Å². The first-order valence-corrected chi connectivity index (χ1v) is 3.94. The molecule has 13 heavy (non-hydrogen) atoms. The molecule has 0 saturated carbocycles. The summed E-state index contributed by atoms with van der Waals surface area (Å²) < 4.78 is 0. The molecule has 0 aliphatic rings. The van der Waals surface area contributed by atoms with Crippen molar-refractivity contribution in [2.75, 3.05) is 0 Å². The normalized spacial score (nSPS) is 13.4. The van der Waals surface area contributed by atoms with Crippen molar-refractivity contribution < 1.29 is 0 Å². The van der Waals surface area contributed by atoms with E-state index in [9.17, 15) is 0 Å². The number of aliphatic imine (C=N–C) groups is 2. The van der Waals surface area contributed by atoms with Crippen LogP contribution in [0.5, 0.6) is 0 Å². The highest BCUT2D eigenvalue weighted by Crippen LogP contribution is 2.03. The fourth-order valence-corrected chi connectivity index (χ4v) is 0.676. The second-order valence-corrected chi connectivity index (χ2v) is 2.31. The lowest BCUT2D eigenvalue weighted by molar-refractivity contribution is 1.36. The molecule has 0 bridgehead atoms. The third kappa shape index (κ3) is 3.51. The molecule has 2 N–H and O–H groups in total. The third-order valence-electron chi connectivity index (χ3n) is 1.40. The maximum Gasteiger partial charge on any atom is 0.110 e. The summed E-state index contributed by atoms with van der Waals surface area (Å²) in [4.78, 5) is 7.77. The molecule has 0 fully saturated rings. The van der Waals surface area contributed by atoms with E-state index >= 15 is 0 Å². The first kappa shape index (κ1) is 11.4. The predicted octanol–water partition coefficient (Wildman–Crippen LogP) is 2.04. The van der Waals surface area contributed by atoms with Crippen molar-refractivity contribution in [1.29, 1.82) is 0 Å². The fraction of sp³-hybridized carbons (Fsp3) is 0.200.